The highest BCUT2D eigenvalue weighted by atomic mass is 16.6. The molecule has 14 nitrogen and oxygen atoms in total. The molecule has 5 aliphatic rings. The SMILES string of the molecule is COc1ccc(Cc2ccc3c(c2)[C@@]24C(=[N+]3C(=O)N[C@@H](C)c3ccccc3)N(c3ccc(N5CCN(C(C)=O)CC5)cc3)C(=O)[C@H]2[C@@H]2C(=O)O[C@@H](c3ccccc3)[C@@H](c3ccccc3)N2[C@H]4c2ccc(OCCO)cc2)cc1. The van der Waals surface area contributed by atoms with E-state index in [1.807, 2.05) is 188 Å². The fraction of sp³-hybridized carbons (Fsp3) is 0.266. The molecule has 78 heavy (non-hydrogen) atoms. The Balaban J connectivity index is 1.12. The van der Waals surface area contributed by atoms with Crippen molar-refractivity contribution in [1.29, 1.82) is 0 Å². The number of nitrogens with one attached hydrogen (secondary N) is 1. The zero-order chi connectivity index (χ0) is 53.7. The first kappa shape index (κ1) is 50.2. The second kappa shape index (κ2) is 20.7. The summed E-state index contributed by atoms with van der Waals surface area (Å²) in [5, 5.41) is 13.1. The standard InChI is InChI=1S/C64H60N6O8/c1-41(45-13-7-4-8-14-45)65-63(75)69-54-32-21-44(39-43-19-28-51(76-3)29-20-43)40-53(54)64-55(60(73)68(62(64)69)50-26-24-49(25-27-50)67-35-33-66(34-36-67)42(2)72)57-61(74)78-58(47-17-11-6-12-18-47)56(46-15-9-5-10-16-46)70(57)59(64)48-22-30-52(31-23-48)77-38-37-71/h4-32,40-41,55-59,71H,33-39H2,1-3H3/p+1/t41-,55+,56+,57+,58-,59-,64+/m0/s1. The lowest BCUT2D eigenvalue weighted by Gasteiger charge is -2.46. The van der Waals surface area contributed by atoms with E-state index in [4.69, 9.17) is 14.2 Å². The number of hydrogen-bond acceptors (Lipinski definition) is 10. The van der Waals surface area contributed by atoms with E-state index in [-0.39, 0.29) is 25.0 Å². The van der Waals surface area contributed by atoms with Gasteiger partial charge in [0.15, 0.2) is 0 Å². The number of benzene rings is 7. The van der Waals surface area contributed by atoms with Crippen LogP contribution in [0.4, 0.5) is 21.9 Å². The topological polar surface area (TPSA) is 144 Å². The van der Waals surface area contributed by atoms with Gasteiger partial charge < -0.3 is 29.1 Å². The molecule has 0 bridgehead atoms. The first-order valence-electron chi connectivity index (χ1n) is 26.7. The lowest BCUT2D eigenvalue weighted by Crippen LogP contribution is -2.54. The summed E-state index contributed by atoms with van der Waals surface area (Å²) in [6, 6.07) is 55.7. The highest BCUT2D eigenvalue weighted by Gasteiger charge is 2.81. The molecule has 14 heteroatoms. The Hall–Kier alpha value is -8.59. The molecule has 5 aliphatic heterocycles. The zero-order valence-corrected chi connectivity index (χ0v) is 43.8. The summed E-state index contributed by atoms with van der Waals surface area (Å²) >= 11 is 0. The number of carbonyl (C=O) groups excluding carboxylic acids is 4. The van der Waals surface area contributed by atoms with Gasteiger partial charge in [-0.05, 0) is 101 Å². The Morgan fingerprint density at radius 3 is 1.97 bits per heavy atom. The molecule has 0 aromatic heterocycles. The van der Waals surface area contributed by atoms with Crippen LogP contribution in [0, 0.1) is 5.92 Å². The maximum atomic E-state index is 16.7. The summed E-state index contributed by atoms with van der Waals surface area (Å²) in [4.78, 5) is 68.6. The van der Waals surface area contributed by atoms with Crippen LogP contribution in [-0.2, 0) is 31.0 Å². The molecule has 7 atom stereocenters. The average molecular weight is 1040 g/mol. The van der Waals surface area contributed by atoms with Crippen LogP contribution >= 0.6 is 0 Å². The van der Waals surface area contributed by atoms with Crippen molar-refractivity contribution in [2.24, 2.45) is 5.92 Å². The summed E-state index contributed by atoms with van der Waals surface area (Å²) < 4.78 is 20.0. The number of nitrogens with zero attached hydrogens (tertiary/aromatic N) is 5. The third-order valence-corrected chi connectivity index (χ3v) is 16.4. The summed E-state index contributed by atoms with van der Waals surface area (Å²) in [7, 11) is 1.64. The van der Waals surface area contributed by atoms with Gasteiger partial charge >= 0.3 is 12.0 Å². The summed E-state index contributed by atoms with van der Waals surface area (Å²) in [6.07, 6.45) is -0.278. The molecule has 0 unspecified atom stereocenters. The van der Waals surface area contributed by atoms with Gasteiger partial charge in [-0.2, -0.15) is 9.48 Å². The zero-order valence-electron chi connectivity index (χ0n) is 43.8. The number of amidine groups is 1. The van der Waals surface area contributed by atoms with Crippen molar-refractivity contribution in [3.8, 4) is 11.5 Å². The van der Waals surface area contributed by atoms with Crippen LogP contribution in [0.15, 0.2) is 182 Å². The number of urea groups is 1. The minimum atomic E-state index is -1.44. The molecule has 7 aromatic rings. The van der Waals surface area contributed by atoms with E-state index in [2.05, 4.69) is 21.2 Å². The van der Waals surface area contributed by atoms with Crippen molar-refractivity contribution in [2.75, 3.05) is 56.3 Å². The van der Waals surface area contributed by atoms with Crippen LogP contribution in [-0.4, -0.2) is 102 Å². The number of ether oxygens (including phenoxy) is 3. The fourth-order valence-electron chi connectivity index (χ4n) is 12.9. The molecule has 4 fully saturated rings. The number of aliphatic hydroxyl groups excluding tert-OH is 1. The van der Waals surface area contributed by atoms with Crippen LogP contribution < -0.4 is 24.6 Å². The van der Waals surface area contributed by atoms with Gasteiger partial charge in [0.05, 0.1) is 31.8 Å². The summed E-state index contributed by atoms with van der Waals surface area (Å²) in [5.74, 6) is -0.298. The molecule has 4 amide bonds. The monoisotopic (exact) mass is 1040 g/mol. The average Bonchev–Trinajstić information content (AvgIpc) is 2.25. The molecule has 12 rings (SSSR count). The molecule has 1 spiro atoms. The third kappa shape index (κ3) is 8.56. The molecule has 5 heterocycles. The fourth-order valence-corrected chi connectivity index (χ4v) is 12.9. The molecule has 0 radical (unpaired) electrons. The molecule has 394 valence electrons. The van der Waals surface area contributed by atoms with Gasteiger partial charge in [-0.15, -0.1) is 0 Å². The summed E-state index contributed by atoms with van der Waals surface area (Å²) in [5.41, 5.74) is 6.65. The molecular weight excluding hydrogens is 981 g/mol. The lowest BCUT2D eigenvalue weighted by atomic mass is 9.66. The number of methoxy groups -OCH3 is 1. The van der Waals surface area contributed by atoms with Gasteiger partial charge in [-0.25, -0.2) is 4.79 Å². The van der Waals surface area contributed by atoms with Gasteiger partial charge in [-0.1, -0.05) is 127 Å². The number of aliphatic hydroxyl groups is 1. The number of rotatable bonds is 13. The van der Waals surface area contributed by atoms with E-state index in [0.29, 0.717) is 55.6 Å². The predicted octanol–water partition coefficient (Wildman–Crippen LogP) is 9.22. The maximum Gasteiger partial charge on any atom is 0.441 e. The van der Waals surface area contributed by atoms with E-state index < -0.39 is 53.6 Å². The Kier molecular flexibility index (Phi) is 13.4. The van der Waals surface area contributed by atoms with Gasteiger partial charge in [0, 0.05) is 44.4 Å². The van der Waals surface area contributed by atoms with Crippen molar-refractivity contribution in [2.45, 2.75) is 56.0 Å². The van der Waals surface area contributed by atoms with Gasteiger partial charge in [0.1, 0.15) is 53.0 Å². The van der Waals surface area contributed by atoms with Crippen molar-refractivity contribution < 1.29 is 43.1 Å². The highest BCUT2D eigenvalue weighted by molar-refractivity contribution is 6.30. The van der Waals surface area contributed by atoms with E-state index in [1.54, 1.807) is 23.5 Å². The minimum absolute atomic E-state index is 0.0431. The molecule has 4 saturated heterocycles. The number of cyclic esters (lactones) is 1. The molecule has 0 aliphatic carbocycles. The number of esters is 1. The van der Waals surface area contributed by atoms with Gasteiger partial charge in [-0.3, -0.25) is 24.6 Å². The number of morpholine rings is 1. The first-order valence-corrected chi connectivity index (χ1v) is 26.7. The Bertz CT molecular complexity index is 3410. The van der Waals surface area contributed by atoms with Gasteiger partial charge in [0.25, 0.3) is 5.91 Å². The first-order chi connectivity index (χ1) is 38.1. The van der Waals surface area contributed by atoms with Crippen molar-refractivity contribution in [3.05, 3.63) is 221 Å². The van der Waals surface area contributed by atoms with Crippen molar-refractivity contribution in [3.63, 3.8) is 0 Å². The lowest BCUT2D eigenvalue weighted by molar-refractivity contribution is -0.332. The molecule has 0 saturated carbocycles. The smallest absolute Gasteiger partial charge is 0.441 e. The van der Waals surface area contributed by atoms with Crippen LogP contribution in [0.3, 0.4) is 0 Å². The number of fused-ring (bicyclic) bond motifs is 3. The van der Waals surface area contributed by atoms with E-state index in [9.17, 15) is 9.90 Å². The Labute approximate surface area is 453 Å². The summed E-state index contributed by atoms with van der Waals surface area (Å²) in [6.45, 7) is 5.92. The second-order valence-electron chi connectivity index (χ2n) is 20.7. The van der Waals surface area contributed by atoms with Crippen molar-refractivity contribution in [1.82, 2.24) is 15.1 Å². The number of piperazine rings is 1. The molecule has 2 N–H and O–H groups in total. The number of anilines is 2. The van der Waals surface area contributed by atoms with Crippen LogP contribution in [0.2, 0.25) is 0 Å². The molecule has 7 aromatic carbocycles. The van der Waals surface area contributed by atoms with E-state index in [1.165, 1.54) is 0 Å². The number of carbonyl (C=O) groups is 4. The third-order valence-electron chi connectivity index (χ3n) is 16.4. The van der Waals surface area contributed by atoms with E-state index >= 15 is 14.4 Å². The van der Waals surface area contributed by atoms with Crippen molar-refractivity contribution >= 4 is 46.7 Å². The number of amides is 4. The minimum Gasteiger partial charge on any atom is -0.497 e. The number of hydrogen-bond donors (Lipinski definition) is 2. The second-order valence-corrected chi connectivity index (χ2v) is 20.7. The maximum absolute atomic E-state index is 16.7. The van der Waals surface area contributed by atoms with Crippen LogP contribution in [0.25, 0.3) is 0 Å². The van der Waals surface area contributed by atoms with Gasteiger partial charge in [0.2, 0.25) is 11.7 Å². The molecular formula is C64H61N6O8+. The highest BCUT2D eigenvalue weighted by Crippen LogP contribution is 2.68. The van der Waals surface area contributed by atoms with Crippen LogP contribution in [0.1, 0.15) is 77.0 Å². The predicted molar refractivity (Wildman–Crippen MR) is 296 cm³/mol. The Morgan fingerprint density at radius 2 is 1.33 bits per heavy atom. The quantitative estimate of drug-likeness (QED) is 0.0848. The Morgan fingerprint density at radius 1 is 0.718 bits per heavy atom. The van der Waals surface area contributed by atoms with Crippen LogP contribution in [0.5, 0.6) is 11.5 Å². The normalized spacial score (nSPS) is 22.8. The van der Waals surface area contributed by atoms with E-state index in [0.717, 1.165) is 50.4 Å². The largest absolute Gasteiger partial charge is 0.497 e.